The molecule has 1 aromatic rings. The summed E-state index contributed by atoms with van der Waals surface area (Å²) in [6, 6.07) is 6.41. The largest absolute Gasteiger partial charge is 0.478 e. The predicted octanol–water partition coefficient (Wildman–Crippen LogP) is 1.80. The first kappa shape index (κ1) is 8.28. The fourth-order valence-electron chi connectivity index (χ4n) is 0.894. The van der Waals surface area contributed by atoms with Crippen molar-refractivity contribution < 1.29 is 9.90 Å². The van der Waals surface area contributed by atoms with Crippen molar-refractivity contribution in [2.24, 2.45) is 0 Å². The number of aromatic carboxylic acids is 1. The summed E-state index contributed by atoms with van der Waals surface area (Å²) < 4.78 is 0. The molecule has 0 aliphatic heterocycles. The van der Waals surface area contributed by atoms with Gasteiger partial charge in [0.25, 0.3) is 0 Å². The first-order valence-corrected chi connectivity index (χ1v) is 3.39. The molecule has 1 N–H and O–H groups in total. The van der Waals surface area contributed by atoms with Gasteiger partial charge in [0.15, 0.2) is 0 Å². The summed E-state index contributed by atoms with van der Waals surface area (Å²) in [4.78, 5) is 13.6. The number of carboxylic acid groups (broad SMARTS) is 1. The Morgan fingerprint density at radius 1 is 1.58 bits per heavy atom. The molecule has 0 aromatic heterocycles. The van der Waals surface area contributed by atoms with Crippen molar-refractivity contribution in [1.29, 1.82) is 0 Å². The van der Waals surface area contributed by atoms with Gasteiger partial charge < -0.3 is 9.95 Å². The Bertz CT molecular complexity index is 339. The lowest BCUT2D eigenvalue weighted by Crippen LogP contribution is -1.96. The lowest BCUT2D eigenvalue weighted by Gasteiger charge is -1.94. The van der Waals surface area contributed by atoms with Crippen LogP contribution in [0.25, 0.3) is 4.85 Å². The predicted molar refractivity (Wildman–Crippen MR) is 43.7 cm³/mol. The minimum absolute atomic E-state index is 0.233. The van der Waals surface area contributed by atoms with Crippen LogP contribution in [0.2, 0.25) is 0 Å². The van der Waals surface area contributed by atoms with Gasteiger partial charge in [0.1, 0.15) is 0 Å². The van der Waals surface area contributed by atoms with Crippen LogP contribution in [0.3, 0.4) is 0 Å². The second kappa shape index (κ2) is 3.54. The molecule has 3 heteroatoms. The van der Waals surface area contributed by atoms with E-state index in [1.54, 1.807) is 12.1 Å². The third kappa shape index (κ3) is 1.83. The molecule has 0 saturated carbocycles. The molecule has 0 aliphatic carbocycles. The molecule has 0 spiro atoms. The highest BCUT2D eigenvalue weighted by Crippen LogP contribution is 2.06. The van der Waals surface area contributed by atoms with E-state index >= 15 is 0 Å². The number of carbonyl (C=O) groups is 1. The van der Waals surface area contributed by atoms with Crippen LogP contribution in [0.15, 0.2) is 24.3 Å². The van der Waals surface area contributed by atoms with Gasteiger partial charge in [0.05, 0.1) is 5.56 Å². The maximum absolute atomic E-state index is 10.5. The minimum Gasteiger partial charge on any atom is -0.478 e. The second-order valence-corrected chi connectivity index (χ2v) is 2.32. The van der Waals surface area contributed by atoms with E-state index in [4.69, 9.17) is 11.7 Å². The molecule has 12 heavy (non-hydrogen) atoms. The van der Waals surface area contributed by atoms with Crippen molar-refractivity contribution >= 4 is 5.97 Å². The highest BCUT2D eigenvalue weighted by atomic mass is 16.4. The van der Waals surface area contributed by atoms with Crippen LogP contribution < -0.4 is 0 Å². The number of hydrogen-bond acceptors (Lipinski definition) is 1. The van der Waals surface area contributed by atoms with Crippen LogP contribution >= 0.6 is 0 Å². The van der Waals surface area contributed by atoms with Crippen LogP contribution in [0.1, 0.15) is 15.9 Å². The molecule has 0 amide bonds. The smallest absolute Gasteiger partial charge is 0.335 e. The zero-order valence-electron chi connectivity index (χ0n) is 6.32. The van der Waals surface area contributed by atoms with E-state index in [1.165, 1.54) is 12.1 Å². The van der Waals surface area contributed by atoms with E-state index in [0.29, 0.717) is 0 Å². The molecule has 0 fully saturated rings. The van der Waals surface area contributed by atoms with Crippen molar-refractivity contribution in [3.63, 3.8) is 0 Å². The molecule has 0 radical (unpaired) electrons. The Kier molecular flexibility index (Phi) is 2.44. The second-order valence-electron chi connectivity index (χ2n) is 2.32. The molecule has 0 unspecified atom stereocenters. The van der Waals surface area contributed by atoms with Gasteiger partial charge in [-0.05, 0) is 12.1 Å². The van der Waals surface area contributed by atoms with E-state index < -0.39 is 5.97 Å². The standard InChI is InChI=1S/C9H7NO2/c1-10-6-7-3-2-4-8(5-7)9(11)12/h2-5H,6H2,(H,11,12). The molecule has 0 saturated heterocycles. The Hall–Kier alpha value is -1.82. The van der Waals surface area contributed by atoms with Gasteiger partial charge >= 0.3 is 5.97 Å². The number of carboxylic acids is 1. The Morgan fingerprint density at radius 2 is 2.33 bits per heavy atom. The molecular formula is C9H7NO2. The number of nitrogens with zero attached hydrogens (tertiary/aromatic N) is 1. The quantitative estimate of drug-likeness (QED) is 0.672. The van der Waals surface area contributed by atoms with Gasteiger partial charge in [-0.25, -0.2) is 11.4 Å². The van der Waals surface area contributed by atoms with Crippen LogP contribution in [0, 0.1) is 6.57 Å². The summed E-state index contributed by atoms with van der Waals surface area (Å²) in [5, 5.41) is 8.60. The maximum Gasteiger partial charge on any atom is 0.335 e. The lowest BCUT2D eigenvalue weighted by molar-refractivity contribution is 0.0697. The topological polar surface area (TPSA) is 41.7 Å². The summed E-state index contributed by atoms with van der Waals surface area (Å²) >= 11 is 0. The summed E-state index contributed by atoms with van der Waals surface area (Å²) in [5.74, 6) is -0.957. The van der Waals surface area contributed by atoms with Crippen LogP contribution in [0.5, 0.6) is 0 Å². The minimum atomic E-state index is -0.957. The molecule has 0 heterocycles. The van der Waals surface area contributed by atoms with Crippen molar-refractivity contribution in [3.05, 3.63) is 46.8 Å². The zero-order chi connectivity index (χ0) is 8.97. The molecule has 1 rings (SSSR count). The van der Waals surface area contributed by atoms with Crippen LogP contribution in [0.4, 0.5) is 0 Å². The molecule has 0 bridgehead atoms. The van der Waals surface area contributed by atoms with Gasteiger partial charge in [-0.15, -0.1) is 0 Å². The number of rotatable bonds is 2. The molecule has 0 atom stereocenters. The summed E-state index contributed by atoms with van der Waals surface area (Å²) in [6.45, 7) is 6.83. The fourth-order valence-corrected chi connectivity index (χ4v) is 0.894. The highest BCUT2D eigenvalue weighted by molar-refractivity contribution is 5.87. The Morgan fingerprint density at radius 3 is 2.92 bits per heavy atom. The van der Waals surface area contributed by atoms with Crippen molar-refractivity contribution in [1.82, 2.24) is 0 Å². The van der Waals surface area contributed by atoms with Crippen molar-refractivity contribution in [3.8, 4) is 0 Å². The zero-order valence-corrected chi connectivity index (χ0v) is 6.32. The third-order valence-electron chi connectivity index (χ3n) is 1.44. The van der Waals surface area contributed by atoms with Crippen molar-refractivity contribution in [2.45, 2.75) is 6.54 Å². The molecular weight excluding hydrogens is 154 g/mol. The van der Waals surface area contributed by atoms with E-state index in [1.807, 2.05) is 0 Å². The van der Waals surface area contributed by atoms with Crippen LogP contribution in [-0.4, -0.2) is 11.1 Å². The lowest BCUT2D eigenvalue weighted by atomic mass is 10.1. The summed E-state index contributed by atoms with van der Waals surface area (Å²) in [5.41, 5.74) is 0.973. The average molecular weight is 161 g/mol. The monoisotopic (exact) mass is 161 g/mol. The summed E-state index contributed by atoms with van der Waals surface area (Å²) in [7, 11) is 0. The van der Waals surface area contributed by atoms with Gasteiger partial charge in [-0.1, -0.05) is 12.1 Å². The van der Waals surface area contributed by atoms with E-state index in [0.717, 1.165) is 5.56 Å². The highest BCUT2D eigenvalue weighted by Gasteiger charge is 2.03. The van der Waals surface area contributed by atoms with E-state index in [9.17, 15) is 4.79 Å². The fraction of sp³-hybridized carbons (Fsp3) is 0.111. The first-order valence-electron chi connectivity index (χ1n) is 3.39. The van der Waals surface area contributed by atoms with Gasteiger partial charge in [-0.3, -0.25) is 0 Å². The Labute approximate surface area is 70.1 Å². The summed E-state index contributed by atoms with van der Waals surface area (Å²) in [6.07, 6.45) is 0. The SMILES string of the molecule is [C-]#[N+]Cc1cccc(C(=O)O)c1. The first-order chi connectivity index (χ1) is 5.74. The molecule has 0 aliphatic rings. The van der Waals surface area contributed by atoms with E-state index in [-0.39, 0.29) is 12.1 Å². The molecule has 60 valence electrons. The van der Waals surface area contributed by atoms with Gasteiger partial charge in [0.2, 0.25) is 6.54 Å². The normalized spacial score (nSPS) is 8.92. The number of hydrogen-bond donors (Lipinski definition) is 1. The maximum atomic E-state index is 10.5. The third-order valence-corrected chi connectivity index (χ3v) is 1.44. The molecule has 3 nitrogen and oxygen atoms in total. The van der Waals surface area contributed by atoms with E-state index in [2.05, 4.69) is 4.85 Å². The van der Waals surface area contributed by atoms with Crippen LogP contribution in [-0.2, 0) is 6.54 Å². The Balaban J connectivity index is 2.97. The average Bonchev–Trinajstić information content (AvgIpc) is 2.05. The molecule has 1 aromatic carbocycles. The van der Waals surface area contributed by atoms with Crippen molar-refractivity contribution in [2.75, 3.05) is 0 Å². The van der Waals surface area contributed by atoms with Gasteiger partial charge in [-0.2, -0.15) is 0 Å². The van der Waals surface area contributed by atoms with Gasteiger partial charge in [0, 0.05) is 5.56 Å². The number of benzene rings is 1.